The summed E-state index contributed by atoms with van der Waals surface area (Å²) < 4.78 is 0. The van der Waals surface area contributed by atoms with Crippen molar-refractivity contribution in [3.05, 3.63) is 57.8 Å². The molecule has 2 heterocycles. The predicted molar refractivity (Wildman–Crippen MR) is 96.4 cm³/mol. The highest BCUT2D eigenvalue weighted by Gasteiger charge is 2.16. The Morgan fingerprint density at radius 1 is 0.792 bits per heavy atom. The predicted octanol–water partition coefficient (Wildman–Crippen LogP) is 4.23. The van der Waals surface area contributed by atoms with E-state index in [0.717, 1.165) is 16.3 Å². The first-order valence-corrected chi connectivity index (χ1v) is 8.10. The van der Waals surface area contributed by atoms with E-state index in [4.69, 9.17) is 23.2 Å². The van der Waals surface area contributed by atoms with Gasteiger partial charge in [0.1, 0.15) is 10.3 Å². The van der Waals surface area contributed by atoms with E-state index in [9.17, 15) is 10.2 Å². The Bertz CT molecular complexity index is 1110. The molecule has 0 saturated heterocycles. The molecule has 0 aliphatic carbocycles. The maximum Gasteiger partial charge on any atom is 0.139 e. The fourth-order valence-corrected chi connectivity index (χ4v) is 3.56. The van der Waals surface area contributed by atoms with Gasteiger partial charge in [-0.3, -0.25) is 0 Å². The van der Waals surface area contributed by atoms with Gasteiger partial charge in [-0.05, 0) is 34.7 Å². The van der Waals surface area contributed by atoms with Crippen LogP contribution in [0.4, 0.5) is 0 Å². The third-order valence-electron chi connectivity index (χ3n) is 4.20. The molecular weight excluding hydrogens is 347 g/mol. The van der Waals surface area contributed by atoms with Crippen molar-refractivity contribution in [2.45, 2.75) is 13.2 Å². The molecule has 0 bridgehead atoms. The highest BCUT2D eigenvalue weighted by atomic mass is 35.5. The van der Waals surface area contributed by atoms with Gasteiger partial charge in [0.2, 0.25) is 0 Å². The minimum absolute atomic E-state index is 0.189. The third kappa shape index (κ3) is 2.23. The third-order valence-corrected chi connectivity index (χ3v) is 4.76. The first-order valence-electron chi connectivity index (χ1n) is 7.34. The van der Waals surface area contributed by atoms with Crippen LogP contribution in [-0.2, 0) is 13.2 Å². The Labute approximate surface area is 147 Å². The van der Waals surface area contributed by atoms with Gasteiger partial charge in [-0.15, -0.1) is 0 Å². The van der Waals surface area contributed by atoms with Crippen LogP contribution in [0.5, 0.6) is 0 Å². The molecule has 0 amide bonds. The fraction of sp³-hybridized carbons (Fsp3) is 0.111. The van der Waals surface area contributed by atoms with E-state index in [1.54, 1.807) is 12.1 Å². The maximum absolute atomic E-state index is 9.58. The summed E-state index contributed by atoms with van der Waals surface area (Å²) in [5.41, 5.74) is 2.65. The van der Waals surface area contributed by atoms with Crippen LogP contribution in [0.25, 0.3) is 32.6 Å². The van der Waals surface area contributed by atoms with Crippen molar-refractivity contribution in [3.8, 4) is 0 Å². The lowest BCUT2D eigenvalue weighted by molar-refractivity contribution is 0.260. The molecule has 6 heteroatoms. The van der Waals surface area contributed by atoms with Crippen LogP contribution in [-0.4, -0.2) is 20.2 Å². The standard InChI is InChI=1S/C18H12Cl2N2O2/c19-17-13-6-10(8-24)9(7-23)5-12(13)15-16(22-17)11-3-1-2-4-14(11)21-18(15)20/h1-6,23-24H,7-8H2. The number of pyridine rings is 2. The number of aliphatic hydroxyl groups excluding tert-OH is 2. The van der Waals surface area contributed by atoms with Gasteiger partial charge in [-0.1, -0.05) is 41.4 Å². The van der Waals surface area contributed by atoms with Gasteiger partial charge >= 0.3 is 0 Å². The summed E-state index contributed by atoms with van der Waals surface area (Å²) in [5, 5.41) is 22.7. The van der Waals surface area contributed by atoms with E-state index in [1.165, 1.54) is 0 Å². The SMILES string of the molecule is OCc1cc2c(Cl)nc3c4ccccc4nc(Cl)c3c2cc1CO. The summed E-state index contributed by atoms with van der Waals surface area (Å²) in [6.45, 7) is -0.379. The largest absolute Gasteiger partial charge is 0.392 e. The number of benzene rings is 2. The van der Waals surface area contributed by atoms with Crippen molar-refractivity contribution in [1.29, 1.82) is 0 Å². The van der Waals surface area contributed by atoms with Crippen LogP contribution < -0.4 is 0 Å². The lowest BCUT2D eigenvalue weighted by Gasteiger charge is -2.13. The molecule has 4 aromatic rings. The van der Waals surface area contributed by atoms with Crippen molar-refractivity contribution in [2.24, 2.45) is 0 Å². The minimum Gasteiger partial charge on any atom is -0.392 e. The van der Waals surface area contributed by atoms with Crippen LogP contribution >= 0.6 is 23.2 Å². The lowest BCUT2D eigenvalue weighted by atomic mass is 9.99. The summed E-state index contributed by atoms with van der Waals surface area (Å²) in [7, 11) is 0. The summed E-state index contributed by atoms with van der Waals surface area (Å²) >= 11 is 12.8. The summed E-state index contributed by atoms with van der Waals surface area (Å²) in [5.74, 6) is 0. The van der Waals surface area contributed by atoms with Crippen molar-refractivity contribution < 1.29 is 10.2 Å². The van der Waals surface area contributed by atoms with Gasteiger partial charge in [-0.25, -0.2) is 9.97 Å². The van der Waals surface area contributed by atoms with Crippen molar-refractivity contribution in [1.82, 2.24) is 9.97 Å². The normalized spacial score (nSPS) is 11.7. The molecule has 120 valence electrons. The van der Waals surface area contributed by atoms with Crippen LogP contribution in [0.15, 0.2) is 36.4 Å². The molecule has 0 atom stereocenters. The zero-order chi connectivity index (χ0) is 16.8. The summed E-state index contributed by atoms with van der Waals surface area (Å²) in [4.78, 5) is 8.97. The zero-order valence-corrected chi connectivity index (χ0v) is 13.9. The first kappa shape index (κ1) is 15.5. The second kappa shape index (κ2) is 5.83. The van der Waals surface area contributed by atoms with Crippen molar-refractivity contribution >= 4 is 55.8 Å². The van der Waals surface area contributed by atoms with Crippen LogP contribution in [0, 0.1) is 0 Å². The van der Waals surface area contributed by atoms with E-state index in [-0.39, 0.29) is 13.2 Å². The highest BCUT2D eigenvalue weighted by molar-refractivity contribution is 6.41. The quantitative estimate of drug-likeness (QED) is 0.415. The Kier molecular flexibility index (Phi) is 3.77. The molecule has 0 aliphatic heterocycles. The van der Waals surface area contributed by atoms with Gasteiger partial charge in [0.25, 0.3) is 0 Å². The molecule has 2 N–H and O–H groups in total. The zero-order valence-electron chi connectivity index (χ0n) is 12.4. The first-order chi connectivity index (χ1) is 11.6. The Morgan fingerprint density at radius 2 is 1.46 bits per heavy atom. The lowest BCUT2D eigenvalue weighted by Crippen LogP contribution is -1.97. The average Bonchev–Trinajstić information content (AvgIpc) is 2.60. The molecule has 4 rings (SSSR count). The summed E-state index contributed by atoms with van der Waals surface area (Å²) in [6.07, 6.45) is 0. The topological polar surface area (TPSA) is 66.2 Å². The molecule has 0 fully saturated rings. The van der Waals surface area contributed by atoms with Crippen LogP contribution in [0.3, 0.4) is 0 Å². The van der Waals surface area contributed by atoms with Crippen LogP contribution in [0.1, 0.15) is 11.1 Å². The molecule has 0 unspecified atom stereocenters. The number of hydrogen-bond donors (Lipinski definition) is 2. The molecule has 2 aromatic carbocycles. The fourth-order valence-electron chi connectivity index (χ4n) is 3.04. The second-order valence-electron chi connectivity index (χ2n) is 5.53. The minimum atomic E-state index is -0.191. The molecule has 2 aromatic heterocycles. The molecule has 0 spiro atoms. The average molecular weight is 359 g/mol. The van der Waals surface area contributed by atoms with Crippen molar-refractivity contribution in [2.75, 3.05) is 0 Å². The Balaban J connectivity index is 2.27. The number of rotatable bonds is 2. The number of hydrogen-bond acceptors (Lipinski definition) is 4. The number of halogens is 2. The molecule has 4 nitrogen and oxygen atoms in total. The maximum atomic E-state index is 9.58. The number of aromatic nitrogens is 2. The van der Waals surface area contributed by atoms with Gasteiger partial charge < -0.3 is 10.2 Å². The van der Waals surface area contributed by atoms with E-state index in [2.05, 4.69) is 9.97 Å². The molecule has 0 radical (unpaired) electrons. The monoisotopic (exact) mass is 358 g/mol. The van der Waals surface area contributed by atoms with Crippen molar-refractivity contribution in [3.63, 3.8) is 0 Å². The molecular formula is C18H12Cl2N2O2. The molecule has 0 saturated carbocycles. The number of fused-ring (bicyclic) bond motifs is 5. The number of aliphatic hydroxyl groups is 2. The van der Waals surface area contributed by atoms with Gasteiger partial charge in [0.15, 0.2) is 0 Å². The van der Waals surface area contributed by atoms with E-state index >= 15 is 0 Å². The van der Waals surface area contributed by atoms with E-state index in [0.29, 0.717) is 37.7 Å². The Morgan fingerprint density at radius 3 is 2.17 bits per heavy atom. The van der Waals surface area contributed by atoms with E-state index < -0.39 is 0 Å². The van der Waals surface area contributed by atoms with Gasteiger partial charge in [-0.2, -0.15) is 0 Å². The molecule has 24 heavy (non-hydrogen) atoms. The second-order valence-corrected chi connectivity index (χ2v) is 6.24. The smallest absolute Gasteiger partial charge is 0.139 e. The number of nitrogens with zero attached hydrogens (tertiary/aromatic N) is 2. The van der Waals surface area contributed by atoms with Gasteiger partial charge in [0.05, 0.1) is 24.2 Å². The highest BCUT2D eigenvalue weighted by Crippen LogP contribution is 2.37. The molecule has 0 aliphatic rings. The van der Waals surface area contributed by atoms with Crippen LogP contribution in [0.2, 0.25) is 10.3 Å². The van der Waals surface area contributed by atoms with E-state index in [1.807, 2.05) is 24.3 Å². The number of para-hydroxylation sites is 1. The summed E-state index contributed by atoms with van der Waals surface area (Å²) in [6, 6.07) is 11.1. The van der Waals surface area contributed by atoms with Gasteiger partial charge in [0, 0.05) is 16.2 Å². The Hall–Kier alpha value is -1.98.